The average Bonchev–Trinajstić information content (AvgIpc) is 2.21. The van der Waals surface area contributed by atoms with E-state index in [4.69, 9.17) is 4.84 Å². The van der Waals surface area contributed by atoms with Gasteiger partial charge in [-0.1, -0.05) is 20.8 Å². The predicted molar refractivity (Wildman–Crippen MR) is 49.9 cm³/mol. The van der Waals surface area contributed by atoms with Crippen molar-refractivity contribution in [1.29, 1.82) is 0 Å². The van der Waals surface area contributed by atoms with E-state index in [0.717, 1.165) is 6.42 Å². The van der Waals surface area contributed by atoms with Crippen LogP contribution in [-0.4, -0.2) is 7.11 Å². The lowest BCUT2D eigenvalue weighted by Crippen LogP contribution is -2.39. The summed E-state index contributed by atoms with van der Waals surface area (Å²) in [6.45, 7) is 6.13. The summed E-state index contributed by atoms with van der Waals surface area (Å²) in [5.74, 6) is 0. The first-order chi connectivity index (χ1) is 5.86. The van der Waals surface area contributed by atoms with Gasteiger partial charge in [-0.3, -0.25) is 4.84 Å². The van der Waals surface area contributed by atoms with Crippen LogP contribution < -0.4 is 9.57 Å². The Balaban J connectivity index is 0.000000561. The standard InChI is InChI=1S/C8H12NO.C2H6/c1-3-8-4-6-9(10-2)7-5-8;1-2/h4-7H,3H2,1-2H3;1-2H3/q+1;. The first-order valence-electron chi connectivity index (χ1n) is 4.41. The molecule has 0 saturated heterocycles. The van der Waals surface area contributed by atoms with Crippen molar-refractivity contribution >= 4 is 0 Å². The number of hydrogen-bond donors (Lipinski definition) is 0. The van der Waals surface area contributed by atoms with Crippen LogP contribution in [0.2, 0.25) is 0 Å². The molecular formula is C10H18NO+. The highest BCUT2D eigenvalue weighted by Crippen LogP contribution is 1.93. The topological polar surface area (TPSA) is 13.1 Å². The molecule has 0 atom stereocenters. The molecule has 0 saturated carbocycles. The predicted octanol–water partition coefficient (Wildman–Crippen LogP) is 1.62. The molecule has 0 unspecified atom stereocenters. The summed E-state index contributed by atoms with van der Waals surface area (Å²) in [4.78, 5) is 4.93. The molecular weight excluding hydrogens is 150 g/mol. The van der Waals surface area contributed by atoms with Crippen molar-refractivity contribution in [3.63, 3.8) is 0 Å². The van der Waals surface area contributed by atoms with E-state index in [-0.39, 0.29) is 0 Å². The molecule has 0 radical (unpaired) electrons. The second-order valence-corrected chi connectivity index (χ2v) is 2.10. The quantitative estimate of drug-likeness (QED) is 0.612. The number of rotatable bonds is 2. The maximum atomic E-state index is 4.93. The van der Waals surface area contributed by atoms with Crippen LogP contribution in [0.25, 0.3) is 0 Å². The highest BCUT2D eigenvalue weighted by Gasteiger charge is 1.95. The van der Waals surface area contributed by atoms with Gasteiger partial charge in [-0.2, -0.15) is 0 Å². The molecule has 68 valence electrons. The van der Waals surface area contributed by atoms with E-state index < -0.39 is 0 Å². The summed E-state index contributed by atoms with van der Waals surface area (Å²) in [6, 6.07) is 4.09. The Hall–Kier alpha value is -1.05. The summed E-state index contributed by atoms with van der Waals surface area (Å²) >= 11 is 0. The lowest BCUT2D eigenvalue weighted by molar-refractivity contribution is -0.885. The van der Waals surface area contributed by atoms with Crippen LogP contribution >= 0.6 is 0 Å². The van der Waals surface area contributed by atoms with E-state index in [1.807, 2.05) is 38.4 Å². The highest BCUT2D eigenvalue weighted by molar-refractivity contribution is 5.05. The minimum Gasteiger partial charge on any atom is -0.275 e. The Bertz CT molecular complexity index is 170. The van der Waals surface area contributed by atoms with Crippen LogP contribution in [0.15, 0.2) is 24.5 Å². The Morgan fingerprint density at radius 2 is 1.75 bits per heavy atom. The number of nitrogens with zero attached hydrogens (tertiary/aromatic N) is 1. The lowest BCUT2D eigenvalue weighted by atomic mass is 10.2. The molecule has 1 aromatic rings. The van der Waals surface area contributed by atoms with Gasteiger partial charge in [-0.15, -0.1) is 0 Å². The average molecular weight is 168 g/mol. The number of aryl methyl sites for hydroxylation is 1. The van der Waals surface area contributed by atoms with Crippen molar-refractivity contribution < 1.29 is 9.57 Å². The van der Waals surface area contributed by atoms with E-state index in [9.17, 15) is 0 Å². The Morgan fingerprint density at radius 3 is 2.08 bits per heavy atom. The van der Waals surface area contributed by atoms with Gasteiger partial charge in [0.05, 0.1) is 0 Å². The Morgan fingerprint density at radius 1 is 1.25 bits per heavy atom. The van der Waals surface area contributed by atoms with Gasteiger partial charge in [-0.25, -0.2) is 0 Å². The number of hydrogen-bond acceptors (Lipinski definition) is 1. The molecule has 0 bridgehead atoms. The van der Waals surface area contributed by atoms with Crippen LogP contribution in [0.5, 0.6) is 0 Å². The molecule has 0 N–H and O–H groups in total. The molecule has 0 aliphatic rings. The van der Waals surface area contributed by atoms with Gasteiger partial charge in [0.25, 0.3) is 0 Å². The first-order valence-corrected chi connectivity index (χ1v) is 4.41. The molecule has 1 rings (SSSR count). The maximum absolute atomic E-state index is 4.93. The first kappa shape index (κ1) is 11.0. The van der Waals surface area contributed by atoms with E-state index in [2.05, 4.69) is 6.92 Å². The normalized spacial score (nSPS) is 8.33. The van der Waals surface area contributed by atoms with Crippen molar-refractivity contribution in [1.82, 2.24) is 0 Å². The lowest BCUT2D eigenvalue weighted by Gasteiger charge is -1.92. The zero-order chi connectivity index (χ0) is 9.40. The summed E-state index contributed by atoms with van der Waals surface area (Å²) < 4.78 is 1.67. The van der Waals surface area contributed by atoms with Gasteiger partial charge in [0, 0.05) is 16.9 Å². The second-order valence-electron chi connectivity index (χ2n) is 2.10. The van der Waals surface area contributed by atoms with Crippen LogP contribution in [0.4, 0.5) is 0 Å². The summed E-state index contributed by atoms with van der Waals surface area (Å²) in [7, 11) is 1.64. The smallest absolute Gasteiger partial charge is 0.222 e. The molecule has 2 nitrogen and oxygen atoms in total. The molecule has 0 aliphatic heterocycles. The van der Waals surface area contributed by atoms with Gasteiger partial charge < -0.3 is 0 Å². The fraction of sp³-hybridized carbons (Fsp3) is 0.500. The zero-order valence-corrected chi connectivity index (χ0v) is 8.37. The van der Waals surface area contributed by atoms with Crippen LogP contribution in [0, 0.1) is 0 Å². The zero-order valence-electron chi connectivity index (χ0n) is 8.37. The molecule has 0 spiro atoms. The fourth-order valence-corrected chi connectivity index (χ4v) is 0.801. The molecule has 1 aromatic heterocycles. The van der Waals surface area contributed by atoms with E-state index in [0.29, 0.717) is 0 Å². The summed E-state index contributed by atoms with van der Waals surface area (Å²) in [5, 5.41) is 0. The van der Waals surface area contributed by atoms with Crippen LogP contribution in [0.3, 0.4) is 0 Å². The molecule has 12 heavy (non-hydrogen) atoms. The van der Waals surface area contributed by atoms with Crippen molar-refractivity contribution in [2.45, 2.75) is 27.2 Å². The van der Waals surface area contributed by atoms with E-state index >= 15 is 0 Å². The molecule has 0 amide bonds. The third-order valence-corrected chi connectivity index (χ3v) is 1.49. The van der Waals surface area contributed by atoms with Gasteiger partial charge in [0.2, 0.25) is 12.4 Å². The summed E-state index contributed by atoms with van der Waals surface area (Å²) in [5.41, 5.74) is 1.33. The SMILES string of the molecule is CC.CCc1cc[n+](OC)cc1. The fourth-order valence-electron chi connectivity index (χ4n) is 0.801. The Labute approximate surface area is 74.8 Å². The molecule has 0 fully saturated rings. The van der Waals surface area contributed by atoms with Gasteiger partial charge in [-0.05, 0) is 12.0 Å². The Kier molecular flexibility index (Phi) is 6.07. The van der Waals surface area contributed by atoms with Crippen molar-refractivity contribution in [2.24, 2.45) is 0 Å². The van der Waals surface area contributed by atoms with Gasteiger partial charge >= 0.3 is 0 Å². The monoisotopic (exact) mass is 168 g/mol. The van der Waals surface area contributed by atoms with Crippen molar-refractivity contribution in [3.05, 3.63) is 30.1 Å². The number of aromatic nitrogens is 1. The maximum Gasteiger partial charge on any atom is 0.222 e. The van der Waals surface area contributed by atoms with E-state index in [1.165, 1.54) is 5.56 Å². The third kappa shape index (κ3) is 3.37. The molecule has 2 heteroatoms. The third-order valence-electron chi connectivity index (χ3n) is 1.49. The van der Waals surface area contributed by atoms with E-state index in [1.54, 1.807) is 11.8 Å². The molecule has 1 heterocycles. The summed E-state index contributed by atoms with van der Waals surface area (Å²) in [6.07, 6.45) is 4.88. The minimum absolute atomic E-state index is 1.07. The number of pyridine rings is 1. The van der Waals surface area contributed by atoms with Crippen molar-refractivity contribution in [2.75, 3.05) is 7.11 Å². The van der Waals surface area contributed by atoms with Crippen LogP contribution in [0.1, 0.15) is 26.3 Å². The molecule has 0 aliphatic carbocycles. The minimum atomic E-state index is 1.07. The van der Waals surface area contributed by atoms with Crippen LogP contribution in [-0.2, 0) is 6.42 Å². The van der Waals surface area contributed by atoms with Crippen molar-refractivity contribution in [3.8, 4) is 0 Å². The highest BCUT2D eigenvalue weighted by atomic mass is 16.6. The largest absolute Gasteiger partial charge is 0.275 e. The van der Waals surface area contributed by atoms with Gasteiger partial charge in [0.1, 0.15) is 7.11 Å². The second kappa shape index (κ2) is 6.65. The van der Waals surface area contributed by atoms with Gasteiger partial charge in [0.15, 0.2) is 0 Å². The molecule has 0 aromatic carbocycles.